The van der Waals surface area contributed by atoms with E-state index < -0.39 is 17.9 Å². The molecule has 2 aromatic carbocycles. The number of carbonyl (C=O) groups excluding carboxylic acids is 2. The average molecular weight is 457 g/mol. The molecule has 2 atom stereocenters. The number of aliphatic carboxylic acids is 1. The van der Waals surface area contributed by atoms with Gasteiger partial charge in [0.15, 0.2) is 0 Å². The number of nitrogens with two attached hydrogens (primary N) is 1. The second kappa shape index (κ2) is 10.8. The van der Waals surface area contributed by atoms with Crippen LogP contribution >= 0.6 is 11.6 Å². The second-order valence-corrected chi connectivity index (χ2v) is 7.92. The maximum absolute atomic E-state index is 12.8. The van der Waals surface area contributed by atoms with E-state index in [0.29, 0.717) is 5.02 Å². The highest BCUT2D eigenvalue weighted by Crippen LogP contribution is 2.22. The first-order valence-corrected chi connectivity index (χ1v) is 10.5. The second-order valence-electron chi connectivity index (χ2n) is 7.48. The van der Waals surface area contributed by atoms with Gasteiger partial charge in [0.25, 0.3) is 0 Å². The van der Waals surface area contributed by atoms with Crippen LogP contribution < -0.4 is 16.4 Å². The highest BCUT2D eigenvalue weighted by molar-refractivity contribution is 6.30. The fourth-order valence-corrected chi connectivity index (χ4v) is 3.68. The lowest BCUT2D eigenvalue weighted by Crippen LogP contribution is -2.43. The van der Waals surface area contributed by atoms with E-state index in [1.54, 1.807) is 30.5 Å². The van der Waals surface area contributed by atoms with Gasteiger partial charge in [0.1, 0.15) is 6.04 Å². The Balaban J connectivity index is 1.71. The van der Waals surface area contributed by atoms with Crippen LogP contribution in [0, 0.1) is 0 Å². The lowest BCUT2D eigenvalue weighted by molar-refractivity contribution is -0.141. The summed E-state index contributed by atoms with van der Waals surface area (Å²) in [7, 11) is 0. The standard InChI is InChI=1S/C23H25ClN4O4/c24-17-7-5-14(6-8-17)15(12-27-22(30)11-25)10-21(29)28-20(23(31)32)9-16-13-26-19-4-2-1-3-18(16)19/h1-8,13,15,20,26H,9-12,25H2,(H,27,30)(H,28,29)(H,31,32). The fraction of sp³-hybridized carbons (Fsp3) is 0.261. The number of benzene rings is 2. The number of fused-ring (bicyclic) bond motifs is 1. The largest absolute Gasteiger partial charge is 0.480 e. The highest BCUT2D eigenvalue weighted by atomic mass is 35.5. The Labute approximate surface area is 190 Å². The Hall–Kier alpha value is -3.36. The molecule has 0 aliphatic rings. The summed E-state index contributed by atoms with van der Waals surface area (Å²) in [5.41, 5.74) is 7.84. The molecule has 0 saturated heterocycles. The summed E-state index contributed by atoms with van der Waals surface area (Å²) in [6.07, 6.45) is 1.89. The Bertz CT molecular complexity index is 1100. The summed E-state index contributed by atoms with van der Waals surface area (Å²) in [6.45, 7) is 0.0243. The van der Waals surface area contributed by atoms with Gasteiger partial charge < -0.3 is 26.5 Å². The molecule has 6 N–H and O–H groups in total. The van der Waals surface area contributed by atoms with Gasteiger partial charge in [-0.15, -0.1) is 0 Å². The molecule has 0 aliphatic carbocycles. The molecule has 0 saturated carbocycles. The summed E-state index contributed by atoms with van der Waals surface area (Å²) < 4.78 is 0. The minimum Gasteiger partial charge on any atom is -0.480 e. The Kier molecular flexibility index (Phi) is 7.86. The zero-order valence-electron chi connectivity index (χ0n) is 17.3. The van der Waals surface area contributed by atoms with Crippen molar-refractivity contribution < 1.29 is 19.5 Å². The first-order valence-electron chi connectivity index (χ1n) is 10.2. The quantitative estimate of drug-likeness (QED) is 0.318. The number of hydrogen-bond donors (Lipinski definition) is 5. The van der Waals surface area contributed by atoms with Crippen LogP contribution in [0.4, 0.5) is 0 Å². The number of carboxylic acid groups (broad SMARTS) is 1. The van der Waals surface area contributed by atoms with E-state index in [2.05, 4.69) is 15.6 Å². The summed E-state index contributed by atoms with van der Waals surface area (Å²) in [6, 6.07) is 13.4. The number of halogens is 1. The number of H-pyrrole nitrogens is 1. The van der Waals surface area contributed by atoms with Crippen LogP contribution in [-0.2, 0) is 20.8 Å². The van der Waals surface area contributed by atoms with E-state index in [4.69, 9.17) is 17.3 Å². The third-order valence-electron chi connectivity index (χ3n) is 5.24. The van der Waals surface area contributed by atoms with Gasteiger partial charge in [0.2, 0.25) is 11.8 Å². The highest BCUT2D eigenvalue weighted by Gasteiger charge is 2.24. The van der Waals surface area contributed by atoms with Gasteiger partial charge in [-0.3, -0.25) is 9.59 Å². The van der Waals surface area contributed by atoms with E-state index >= 15 is 0 Å². The van der Waals surface area contributed by atoms with Crippen molar-refractivity contribution in [1.29, 1.82) is 0 Å². The smallest absolute Gasteiger partial charge is 0.326 e. The Morgan fingerprint density at radius 2 is 1.78 bits per heavy atom. The minimum atomic E-state index is -1.12. The van der Waals surface area contributed by atoms with Crippen molar-refractivity contribution >= 4 is 40.3 Å². The first-order chi connectivity index (χ1) is 15.4. The molecule has 0 fully saturated rings. The van der Waals surface area contributed by atoms with Gasteiger partial charge in [-0.1, -0.05) is 41.9 Å². The molecule has 168 valence electrons. The van der Waals surface area contributed by atoms with E-state index in [0.717, 1.165) is 22.0 Å². The van der Waals surface area contributed by atoms with Crippen LogP contribution in [0.5, 0.6) is 0 Å². The molecule has 1 heterocycles. The Morgan fingerprint density at radius 1 is 1.06 bits per heavy atom. The van der Waals surface area contributed by atoms with Crippen molar-refractivity contribution in [3.63, 3.8) is 0 Å². The average Bonchev–Trinajstić information content (AvgIpc) is 3.19. The van der Waals surface area contributed by atoms with Crippen LogP contribution in [-0.4, -0.2) is 47.0 Å². The number of amides is 2. The molecular formula is C23H25ClN4O4. The molecule has 32 heavy (non-hydrogen) atoms. The molecule has 3 aromatic rings. The number of aromatic nitrogens is 1. The summed E-state index contributed by atoms with van der Waals surface area (Å²) >= 11 is 5.95. The molecule has 8 nitrogen and oxygen atoms in total. The van der Waals surface area contributed by atoms with Crippen LogP contribution in [0.3, 0.4) is 0 Å². The normalized spacial score (nSPS) is 12.8. The van der Waals surface area contributed by atoms with Gasteiger partial charge in [-0.05, 0) is 29.3 Å². The van der Waals surface area contributed by atoms with Crippen molar-refractivity contribution in [3.8, 4) is 0 Å². The first kappa shape index (κ1) is 23.3. The number of carbonyl (C=O) groups is 3. The molecule has 0 radical (unpaired) electrons. The third-order valence-corrected chi connectivity index (χ3v) is 5.49. The molecule has 9 heteroatoms. The predicted molar refractivity (Wildman–Crippen MR) is 122 cm³/mol. The monoisotopic (exact) mass is 456 g/mol. The van der Waals surface area contributed by atoms with Gasteiger partial charge in [-0.25, -0.2) is 4.79 Å². The molecule has 0 spiro atoms. The number of carboxylic acids is 1. The van der Waals surface area contributed by atoms with E-state index in [-0.39, 0.29) is 37.8 Å². The lowest BCUT2D eigenvalue weighted by atomic mass is 9.94. The van der Waals surface area contributed by atoms with E-state index in [1.807, 2.05) is 24.3 Å². The maximum atomic E-state index is 12.8. The molecular weight excluding hydrogens is 432 g/mol. The van der Waals surface area contributed by atoms with Crippen LogP contribution in [0.1, 0.15) is 23.5 Å². The molecule has 3 rings (SSSR count). The van der Waals surface area contributed by atoms with Gasteiger partial charge in [-0.2, -0.15) is 0 Å². The molecule has 2 unspecified atom stereocenters. The fourth-order valence-electron chi connectivity index (χ4n) is 3.55. The summed E-state index contributed by atoms with van der Waals surface area (Å²) in [5, 5.41) is 16.4. The predicted octanol–water partition coefficient (Wildman–Crippen LogP) is 2.18. The zero-order chi connectivity index (χ0) is 23.1. The molecule has 0 bridgehead atoms. The molecule has 2 amide bonds. The number of aromatic amines is 1. The van der Waals surface area contributed by atoms with Crippen LogP contribution in [0.15, 0.2) is 54.7 Å². The maximum Gasteiger partial charge on any atom is 0.326 e. The topological polar surface area (TPSA) is 137 Å². The third kappa shape index (κ3) is 6.09. The van der Waals surface area contributed by atoms with Gasteiger partial charge in [0, 0.05) is 47.4 Å². The van der Waals surface area contributed by atoms with Gasteiger partial charge in [0.05, 0.1) is 6.54 Å². The van der Waals surface area contributed by atoms with Crippen LogP contribution in [0.2, 0.25) is 5.02 Å². The Morgan fingerprint density at radius 3 is 2.47 bits per heavy atom. The minimum absolute atomic E-state index is 0.00977. The molecule has 1 aromatic heterocycles. The number of nitrogens with one attached hydrogen (secondary N) is 3. The van der Waals surface area contributed by atoms with Gasteiger partial charge >= 0.3 is 5.97 Å². The van der Waals surface area contributed by atoms with Crippen molar-refractivity contribution in [2.75, 3.05) is 13.1 Å². The number of rotatable bonds is 10. The van der Waals surface area contributed by atoms with Crippen molar-refractivity contribution in [3.05, 3.63) is 70.9 Å². The van der Waals surface area contributed by atoms with Crippen molar-refractivity contribution in [2.24, 2.45) is 5.73 Å². The van der Waals surface area contributed by atoms with Crippen molar-refractivity contribution in [1.82, 2.24) is 15.6 Å². The molecule has 0 aliphatic heterocycles. The lowest BCUT2D eigenvalue weighted by Gasteiger charge is -2.20. The number of para-hydroxylation sites is 1. The van der Waals surface area contributed by atoms with E-state index in [1.165, 1.54) is 0 Å². The summed E-state index contributed by atoms with van der Waals surface area (Å²) in [5.74, 6) is -2.26. The van der Waals surface area contributed by atoms with E-state index in [9.17, 15) is 19.5 Å². The SMILES string of the molecule is NCC(=O)NCC(CC(=O)NC(Cc1c[nH]c2ccccc12)C(=O)O)c1ccc(Cl)cc1. The number of hydrogen-bond acceptors (Lipinski definition) is 4. The summed E-state index contributed by atoms with van der Waals surface area (Å²) in [4.78, 5) is 39.3. The zero-order valence-corrected chi connectivity index (χ0v) is 18.1. The van der Waals surface area contributed by atoms with Crippen molar-refractivity contribution in [2.45, 2.75) is 24.8 Å². The van der Waals surface area contributed by atoms with Crippen LogP contribution in [0.25, 0.3) is 10.9 Å².